The molecule has 1 N–H and O–H groups in total. The molecule has 2 aromatic carbocycles. The van der Waals surface area contributed by atoms with Gasteiger partial charge in [-0.2, -0.15) is 13.2 Å². The number of hydrogen-bond acceptors (Lipinski definition) is 4. The summed E-state index contributed by atoms with van der Waals surface area (Å²) in [7, 11) is 0. The van der Waals surface area contributed by atoms with Crippen molar-refractivity contribution in [3.05, 3.63) is 100 Å². The number of rotatable bonds is 4. The highest BCUT2D eigenvalue weighted by atomic mass is 19.4. The summed E-state index contributed by atoms with van der Waals surface area (Å²) in [6, 6.07) is 13.9. The second kappa shape index (κ2) is 8.26. The summed E-state index contributed by atoms with van der Waals surface area (Å²) < 4.78 is 39.8. The Morgan fingerprint density at radius 3 is 2.44 bits per heavy atom. The van der Waals surface area contributed by atoms with Crippen LogP contribution in [0.1, 0.15) is 34.6 Å². The Labute approximate surface area is 180 Å². The van der Waals surface area contributed by atoms with Crippen LogP contribution in [0.15, 0.2) is 77.9 Å². The number of fused-ring (bicyclic) bond motifs is 1. The first-order valence-electron chi connectivity index (χ1n) is 9.65. The van der Waals surface area contributed by atoms with E-state index in [-0.39, 0.29) is 17.6 Å². The number of amides is 1. The van der Waals surface area contributed by atoms with Crippen LogP contribution in [-0.2, 0) is 6.18 Å². The maximum absolute atomic E-state index is 12.9. The minimum Gasteiger partial charge on any atom is -0.344 e. The molecular formula is C23H17F3N4O2. The van der Waals surface area contributed by atoms with E-state index >= 15 is 0 Å². The fraction of sp³-hybridized carbons (Fsp3) is 0.130. The maximum atomic E-state index is 12.9. The first-order valence-corrected chi connectivity index (χ1v) is 9.65. The third kappa shape index (κ3) is 4.22. The van der Waals surface area contributed by atoms with Crippen LogP contribution < -0.4 is 10.9 Å². The van der Waals surface area contributed by atoms with Crippen molar-refractivity contribution in [1.29, 1.82) is 0 Å². The van der Waals surface area contributed by atoms with Crippen molar-refractivity contribution in [2.45, 2.75) is 19.1 Å². The van der Waals surface area contributed by atoms with Crippen molar-refractivity contribution in [2.24, 2.45) is 0 Å². The molecule has 0 spiro atoms. The van der Waals surface area contributed by atoms with Crippen molar-refractivity contribution in [1.82, 2.24) is 19.9 Å². The highest BCUT2D eigenvalue weighted by Crippen LogP contribution is 2.29. The van der Waals surface area contributed by atoms with Gasteiger partial charge in [0, 0.05) is 17.4 Å². The van der Waals surface area contributed by atoms with Gasteiger partial charge in [0.2, 0.25) is 0 Å². The molecule has 0 aliphatic carbocycles. The Morgan fingerprint density at radius 2 is 1.78 bits per heavy atom. The normalized spacial score (nSPS) is 12.5. The van der Waals surface area contributed by atoms with Crippen LogP contribution in [0.2, 0.25) is 0 Å². The molecule has 4 aromatic rings. The van der Waals surface area contributed by atoms with Crippen LogP contribution in [-0.4, -0.2) is 20.4 Å². The molecule has 0 aliphatic rings. The Bertz CT molecular complexity index is 1330. The quantitative estimate of drug-likeness (QED) is 0.516. The summed E-state index contributed by atoms with van der Waals surface area (Å²) in [5, 5.41) is 2.85. The Balaban J connectivity index is 1.67. The van der Waals surface area contributed by atoms with Crippen LogP contribution in [0, 0.1) is 0 Å². The van der Waals surface area contributed by atoms with E-state index < -0.39 is 17.3 Å². The SMILES string of the molecule is C[C@H](NC(=O)c1ccc2c(c1)ncc(=O)n2-c1ccc(C(F)(F)F)cc1)c1ccccn1. The zero-order chi connectivity index (χ0) is 22.9. The van der Waals surface area contributed by atoms with E-state index in [1.807, 2.05) is 13.0 Å². The van der Waals surface area contributed by atoms with E-state index in [9.17, 15) is 22.8 Å². The number of halogens is 3. The lowest BCUT2D eigenvalue weighted by Crippen LogP contribution is -2.27. The zero-order valence-electron chi connectivity index (χ0n) is 16.8. The highest BCUT2D eigenvalue weighted by molar-refractivity contribution is 5.97. The molecule has 0 unspecified atom stereocenters. The van der Waals surface area contributed by atoms with Gasteiger partial charge in [0.1, 0.15) is 0 Å². The van der Waals surface area contributed by atoms with E-state index in [1.165, 1.54) is 28.8 Å². The molecule has 9 heteroatoms. The lowest BCUT2D eigenvalue weighted by molar-refractivity contribution is -0.137. The van der Waals surface area contributed by atoms with Gasteiger partial charge in [-0.1, -0.05) is 6.07 Å². The average Bonchev–Trinajstić information content (AvgIpc) is 2.78. The Kier molecular flexibility index (Phi) is 5.48. The number of nitrogens with zero attached hydrogens (tertiary/aromatic N) is 3. The van der Waals surface area contributed by atoms with Crippen LogP contribution in [0.5, 0.6) is 0 Å². The van der Waals surface area contributed by atoms with Crippen LogP contribution in [0.4, 0.5) is 13.2 Å². The van der Waals surface area contributed by atoms with Gasteiger partial charge < -0.3 is 5.32 Å². The molecule has 2 heterocycles. The Morgan fingerprint density at radius 1 is 1.03 bits per heavy atom. The largest absolute Gasteiger partial charge is 0.416 e. The van der Waals surface area contributed by atoms with Crippen LogP contribution in [0.3, 0.4) is 0 Å². The molecule has 0 saturated carbocycles. The first kappa shape index (κ1) is 21.2. The molecule has 2 aromatic heterocycles. The smallest absolute Gasteiger partial charge is 0.344 e. The van der Waals surface area contributed by atoms with Gasteiger partial charge in [0.05, 0.1) is 34.5 Å². The molecule has 1 atom stereocenters. The second-order valence-corrected chi connectivity index (χ2v) is 7.13. The fourth-order valence-electron chi connectivity index (χ4n) is 3.31. The number of nitrogens with one attached hydrogen (secondary N) is 1. The number of alkyl halides is 3. The molecule has 0 aliphatic heterocycles. The maximum Gasteiger partial charge on any atom is 0.416 e. The molecule has 162 valence electrons. The number of carbonyl (C=O) groups excluding carboxylic acids is 1. The van der Waals surface area contributed by atoms with Gasteiger partial charge in [-0.15, -0.1) is 0 Å². The first-order chi connectivity index (χ1) is 15.2. The topological polar surface area (TPSA) is 76.9 Å². The van der Waals surface area contributed by atoms with Crippen molar-refractivity contribution in [3.63, 3.8) is 0 Å². The van der Waals surface area contributed by atoms with E-state index in [4.69, 9.17) is 0 Å². The summed E-state index contributed by atoms with van der Waals surface area (Å²) in [5.41, 5.74) is 0.693. The zero-order valence-corrected chi connectivity index (χ0v) is 16.8. The molecule has 6 nitrogen and oxygen atoms in total. The summed E-state index contributed by atoms with van der Waals surface area (Å²) in [6.45, 7) is 1.81. The predicted molar refractivity (Wildman–Crippen MR) is 112 cm³/mol. The fourth-order valence-corrected chi connectivity index (χ4v) is 3.31. The molecule has 0 fully saturated rings. The molecular weight excluding hydrogens is 421 g/mol. The summed E-state index contributed by atoms with van der Waals surface area (Å²) in [4.78, 5) is 33.4. The van der Waals surface area contributed by atoms with Crippen molar-refractivity contribution < 1.29 is 18.0 Å². The predicted octanol–water partition coefficient (Wildman–Crippen LogP) is 4.29. The summed E-state index contributed by atoms with van der Waals surface area (Å²) >= 11 is 0. The van der Waals surface area contributed by atoms with E-state index in [1.54, 1.807) is 24.4 Å². The third-order valence-corrected chi connectivity index (χ3v) is 4.94. The average molecular weight is 438 g/mol. The number of carbonyl (C=O) groups is 1. The van der Waals surface area contributed by atoms with Gasteiger partial charge in [-0.25, -0.2) is 4.98 Å². The van der Waals surface area contributed by atoms with E-state index in [0.717, 1.165) is 18.3 Å². The molecule has 32 heavy (non-hydrogen) atoms. The number of hydrogen-bond donors (Lipinski definition) is 1. The van der Waals surface area contributed by atoms with Gasteiger partial charge in [-0.3, -0.25) is 19.1 Å². The lowest BCUT2D eigenvalue weighted by Gasteiger charge is -2.14. The van der Waals surface area contributed by atoms with Crippen LogP contribution >= 0.6 is 0 Å². The third-order valence-electron chi connectivity index (χ3n) is 4.94. The lowest BCUT2D eigenvalue weighted by atomic mass is 10.1. The number of aromatic nitrogens is 3. The Hall–Kier alpha value is -4.01. The van der Waals surface area contributed by atoms with Gasteiger partial charge in [0.15, 0.2) is 0 Å². The van der Waals surface area contributed by atoms with Gasteiger partial charge >= 0.3 is 6.18 Å². The molecule has 0 saturated heterocycles. The van der Waals surface area contributed by atoms with E-state index in [2.05, 4.69) is 15.3 Å². The standard InChI is InChI=1S/C23H17F3N4O2/c1-14(18-4-2-3-11-27-18)29-22(32)15-5-10-20-19(12-15)28-13-21(31)30(20)17-8-6-16(7-9-17)23(24,25)26/h2-14H,1H3,(H,29,32)/t14-/m0/s1. The van der Waals surface area contributed by atoms with Gasteiger partial charge in [0.25, 0.3) is 11.5 Å². The second-order valence-electron chi connectivity index (χ2n) is 7.13. The molecule has 0 radical (unpaired) electrons. The molecule has 1 amide bonds. The van der Waals surface area contributed by atoms with Crippen LogP contribution in [0.25, 0.3) is 16.7 Å². The number of benzene rings is 2. The van der Waals surface area contributed by atoms with Crippen molar-refractivity contribution in [3.8, 4) is 5.69 Å². The van der Waals surface area contributed by atoms with Crippen molar-refractivity contribution in [2.75, 3.05) is 0 Å². The highest BCUT2D eigenvalue weighted by Gasteiger charge is 2.30. The van der Waals surface area contributed by atoms with Crippen molar-refractivity contribution >= 4 is 16.9 Å². The monoisotopic (exact) mass is 438 g/mol. The van der Waals surface area contributed by atoms with E-state index in [0.29, 0.717) is 22.3 Å². The molecule has 0 bridgehead atoms. The summed E-state index contributed by atoms with van der Waals surface area (Å²) in [6.07, 6.45) is -1.77. The minimum absolute atomic E-state index is 0.261. The van der Waals surface area contributed by atoms with Gasteiger partial charge in [-0.05, 0) is 61.5 Å². The minimum atomic E-state index is -4.47. The molecule has 4 rings (SSSR count). The number of pyridine rings is 1. The summed E-state index contributed by atoms with van der Waals surface area (Å²) in [5.74, 6) is -0.348.